The Bertz CT molecular complexity index is 2000. The minimum absolute atomic E-state index is 0.101. The summed E-state index contributed by atoms with van der Waals surface area (Å²) in [7, 11) is -2.70. The van der Waals surface area contributed by atoms with Crippen molar-refractivity contribution in [3.8, 4) is 16.9 Å². The number of pyridine rings is 2. The Hall–Kier alpha value is -3.88. The maximum Gasteiger partial charge on any atom is 0.355 e. The van der Waals surface area contributed by atoms with Gasteiger partial charge < -0.3 is 14.4 Å². The first-order chi connectivity index (χ1) is 21.3. The van der Waals surface area contributed by atoms with Gasteiger partial charge in [0.1, 0.15) is 24.2 Å². The van der Waals surface area contributed by atoms with Crippen molar-refractivity contribution in [1.82, 2.24) is 24.4 Å². The number of benzene rings is 1. The number of nitrogens with zero attached hydrogens (tertiary/aromatic N) is 6. The van der Waals surface area contributed by atoms with Crippen LogP contribution in [0.15, 0.2) is 53.3 Å². The first-order valence-corrected chi connectivity index (χ1v) is 17.9. The second kappa shape index (κ2) is 11.5. The number of anilines is 1. The van der Waals surface area contributed by atoms with Crippen LogP contribution in [0.25, 0.3) is 28.0 Å². The van der Waals surface area contributed by atoms with Crippen LogP contribution in [0, 0.1) is 12.7 Å². The van der Waals surface area contributed by atoms with E-state index in [2.05, 4.69) is 11.6 Å². The molecule has 45 heavy (non-hydrogen) atoms. The van der Waals surface area contributed by atoms with Crippen LogP contribution in [-0.2, 0) is 9.36 Å². The van der Waals surface area contributed by atoms with Gasteiger partial charge in [-0.05, 0) is 76.8 Å². The van der Waals surface area contributed by atoms with E-state index >= 15 is 4.39 Å². The van der Waals surface area contributed by atoms with Gasteiger partial charge in [0, 0.05) is 42.7 Å². The molecule has 1 aliphatic carbocycles. The Balaban J connectivity index is 1.62. The average Bonchev–Trinajstić information content (AvgIpc) is 3.82. The zero-order valence-corrected chi connectivity index (χ0v) is 27.6. The number of carbonyl (C=O) groups excluding carboxylic acids is 1. The van der Waals surface area contributed by atoms with E-state index in [1.807, 2.05) is 18.7 Å². The highest BCUT2D eigenvalue weighted by molar-refractivity contribution is 7.69. The third-order valence-electron chi connectivity index (χ3n) is 8.42. The van der Waals surface area contributed by atoms with Crippen molar-refractivity contribution in [3.05, 3.63) is 81.1 Å². The summed E-state index contributed by atoms with van der Waals surface area (Å²) in [6, 6.07) is 9.48. The molecule has 1 aromatic carbocycles. The summed E-state index contributed by atoms with van der Waals surface area (Å²) in [4.78, 5) is 45.0. The number of hydrogen-bond donors (Lipinski definition) is 0. The lowest BCUT2D eigenvalue weighted by Gasteiger charge is -2.41. The van der Waals surface area contributed by atoms with Gasteiger partial charge in [0.15, 0.2) is 5.65 Å². The van der Waals surface area contributed by atoms with Crippen molar-refractivity contribution in [2.75, 3.05) is 37.9 Å². The average molecular weight is 649 g/mol. The Kier molecular flexibility index (Phi) is 7.94. The fourth-order valence-electron chi connectivity index (χ4n) is 5.98. The van der Waals surface area contributed by atoms with Gasteiger partial charge in [0.05, 0.1) is 27.5 Å². The zero-order valence-electron chi connectivity index (χ0n) is 26.0. The Morgan fingerprint density at radius 2 is 1.82 bits per heavy atom. The summed E-state index contributed by atoms with van der Waals surface area (Å²) in [5.74, 6) is -0.123. The minimum Gasteiger partial charge on any atom is -0.350 e. The number of aryl methyl sites for hydroxylation is 1. The molecule has 0 radical (unpaired) electrons. The third-order valence-corrected chi connectivity index (χ3v) is 10.0. The smallest absolute Gasteiger partial charge is 0.350 e. The van der Waals surface area contributed by atoms with Crippen molar-refractivity contribution in [2.45, 2.75) is 45.6 Å². The molecule has 12 heteroatoms. The number of amides is 1. The Labute approximate surface area is 266 Å². The first-order valence-electron chi connectivity index (χ1n) is 14.9. The largest absolute Gasteiger partial charge is 0.355 e. The summed E-state index contributed by atoms with van der Waals surface area (Å²) in [6.07, 6.45) is 1.78. The van der Waals surface area contributed by atoms with Gasteiger partial charge in [-0.1, -0.05) is 30.3 Å². The van der Waals surface area contributed by atoms with Crippen molar-refractivity contribution < 1.29 is 13.8 Å². The molecule has 1 saturated heterocycles. The van der Waals surface area contributed by atoms with Crippen LogP contribution in [0.4, 0.5) is 10.2 Å². The van der Waals surface area contributed by atoms with Gasteiger partial charge in [0.25, 0.3) is 0 Å². The van der Waals surface area contributed by atoms with Gasteiger partial charge in [0.2, 0.25) is 5.91 Å². The number of rotatable bonds is 6. The second-order valence-electron chi connectivity index (χ2n) is 12.5. The van der Waals surface area contributed by atoms with Gasteiger partial charge in [-0.2, -0.15) is 4.98 Å². The molecule has 1 aliphatic heterocycles. The molecule has 234 valence electrons. The summed E-state index contributed by atoms with van der Waals surface area (Å²) in [5.41, 5.74) is 2.99. The van der Waals surface area contributed by atoms with Gasteiger partial charge in [-0.3, -0.25) is 4.79 Å². The number of hydrogen-bond acceptors (Lipinski definition) is 7. The molecule has 0 N–H and O–H groups in total. The molecular formula is C33H35ClFN6O3P. The monoisotopic (exact) mass is 648 g/mol. The van der Waals surface area contributed by atoms with Crippen LogP contribution >= 0.6 is 18.7 Å². The predicted molar refractivity (Wildman–Crippen MR) is 177 cm³/mol. The maximum absolute atomic E-state index is 15.1. The molecule has 0 spiro atoms. The van der Waals surface area contributed by atoms with Gasteiger partial charge in [-0.25, -0.2) is 23.7 Å². The standard InChI is InChI=1S/C33H35ClFN6O3P/c1-18(2)32(42)39-13-14-40(20(4)17-39)30-23-16-24(34)28(22-9-7-8-10-25(22)35)37-31(23)41(33(43)38-30)29-19(3)15-26(45(5,6)44)36-27(29)21-11-12-21/h7-10,15-16,20-21H,1,11-14,17H2,2-6H3/t20-/m0/s1. The normalized spacial score (nSPS) is 17.2. The number of halogens is 2. The van der Waals surface area contributed by atoms with Crippen molar-refractivity contribution in [3.63, 3.8) is 0 Å². The molecule has 2 aliphatic rings. The molecule has 4 aromatic rings. The number of carbonyl (C=O) groups is 1. The molecule has 6 rings (SSSR count). The molecule has 1 amide bonds. The van der Waals surface area contributed by atoms with Crippen LogP contribution in [0.1, 0.15) is 43.9 Å². The molecular weight excluding hydrogens is 614 g/mol. The van der Waals surface area contributed by atoms with Crippen LogP contribution in [0.2, 0.25) is 5.02 Å². The summed E-state index contributed by atoms with van der Waals surface area (Å²) in [5, 5.41) is 0.711. The van der Waals surface area contributed by atoms with E-state index in [4.69, 9.17) is 21.6 Å². The Morgan fingerprint density at radius 1 is 1.11 bits per heavy atom. The molecule has 9 nitrogen and oxygen atoms in total. The van der Waals surface area contributed by atoms with Crippen molar-refractivity contribution in [1.29, 1.82) is 0 Å². The van der Waals surface area contributed by atoms with E-state index in [1.165, 1.54) is 10.6 Å². The van der Waals surface area contributed by atoms with Crippen molar-refractivity contribution >= 4 is 46.9 Å². The van der Waals surface area contributed by atoms with E-state index in [0.717, 1.165) is 12.8 Å². The van der Waals surface area contributed by atoms with E-state index in [1.54, 1.807) is 55.5 Å². The third kappa shape index (κ3) is 5.70. The quantitative estimate of drug-likeness (QED) is 0.196. The van der Waals surface area contributed by atoms with E-state index in [-0.39, 0.29) is 39.8 Å². The molecule has 0 unspecified atom stereocenters. The van der Waals surface area contributed by atoms with Crippen LogP contribution in [0.3, 0.4) is 0 Å². The summed E-state index contributed by atoms with van der Waals surface area (Å²) >= 11 is 6.82. The second-order valence-corrected chi connectivity index (χ2v) is 16.0. The van der Waals surface area contributed by atoms with Crippen LogP contribution < -0.4 is 16.0 Å². The van der Waals surface area contributed by atoms with E-state index in [0.29, 0.717) is 58.8 Å². The lowest BCUT2D eigenvalue weighted by molar-refractivity contribution is -0.127. The summed E-state index contributed by atoms with van der Waals surface area (Å²) < 4.78 is 29.6. The van der Waals surface area contributed by atoms with E-state index < -0.39 is 18.6 Å². The number of fused-ring (bicyclic) bond motifs is 1. The Morgan fingerprint density at radius 3 is 2.44 bits per heavy atom. The highest BCUT2D eigenvalue weighted by Crippen LogP contribution is 2.45. The van der Waals surface area contributed by atoms with Crippen molar-refractivity contribution in [2.24, 2.45) is 0 Å². The lowest BCUT2D eigenvalue weighted by Crippen LogP contribution is -2.54. The van der Waals surface area contributed by atoms with Gasteiger partial charge >= 0.3 is 5.69 Å². The van der Waals surface area contributed by atoms with Crippen LogP contribution in [-0.4, -0.2) is 69.3 Å². The first kappa shape index (κ1) is 31.1. The fraction of sp³-hybridized carbons (Fsp3) is 0.364. The lowest BCUT2D eigenvalue weighted by atomic mass is 10.1. The molecule has 0 bridgehead atoms. The van der Waals surface area contributed by atoms with E-state index in [9.17, 15) is 14.2 Å². The summed E-state index contributed by atoms with van der Waals surface area (Å²) in [6.45, 7) is 13.9. The number of aromatic nitrogens is 4. The fourth-order valence-corrected chi connectivity index (χ4v) is 7.08. The predicted octanol–water partition coefficient (Wildman–Crippen LogP) is 5.68. The van der Waals surface area contributed by atoms with Gasteiger partial charge in [-0.15, -0.1) is 0 Å². The minimum atomic E-state index is -2.70. The highest BCUT2D eigenvalue weighted by atomic mass is 35.5. The maximum atomic E-state index is 15.1. The number of piperazine rings is 1. The zero-order chi connectivity index (χ0) is 32.4. The van der Waals surface area contributed by atoms with Crippen LogP contribution in [0.5, 0.6) is 0 Å². The topological polar surface area (TPSA) is 101 Å². The molecule has 1 saturated carbocycles. The molecule has 3 aromatic heterocycles. The SMILES string of the molecule is C=C(C)C(=O)N1CCN(c2nc(=O)n(-c3c(C)cc(P(C)(C)=O)nc3C3CC3)c3nc(-c4ccccc4F)c(Cl)cc23)[C@@H](C)C1. The molecule has 1 atom stereocenters. The molecule has 4 heterocycles. The molecule has 2 fully saturated rings. The highest BCUT2D eigenvalue weighted by Gasteiger charge is 2.34.